The summed E-state index contributed by atoms with van der Waals surface area (Å²) in [5.41, 5.74) is 4.57. The van der Waals surface area contributed by atoms with Crippen molar-refractivity contribution in [3.05, 3.63) is 41.3 Å². The number of fused-ring (bicyclic) bond motifs is 2. The Labute approximate surface area is 185 Å². The van der Waals surface area contributed by atoms with Crippen molar-refractivity contribution in [2.45, 2.75) is 33.8 Å². The van der Waals surface area contributed by atoms with E-state index < -0.39 is 0 Å². The van der Waals surface area contributed by atoms with Gasteiger partial charge in [-0.15, -0.1) is 0 Å². The third kappa shape index (κ3) is 7.94. The number of nitrogens with zero attached hydrogens (tertiary/aromatic N) is 3. The molecule has 0 saturated heterocycles. The Morgan fingerprint density at radius 3 is 2.58 bits per heavy atom. The molecule has 1 aromatic rings. The van der Waals surface area contributed by atoms with Crippen LogP contribution in [0, 0.1) is 6.92 Å². The van der Waals surface area contributed by atoms with E-state index in [1.54, 1.807) is 7.11 Å². The summed E-state index contributed by atoms with van der Waals surface area (Å²) in [6.07, 6.45) is 0.345. The molecule has 0 spiro atoms. The number of aromatic nitrogens is 1. The zero-order chi connectivity index (χ0) is 22.8. The molecular formula is C24H36N4O3. The summed E-state index contributed by atoms with van der Waals surface area (Å²) < 4.78 is 16.3. The molecule has 0 unspecified atom stereocenters. The van der Waals surface area contributed by atoms with Crippen LogP contribution < -0.4 is 10.7 Å². The smallest absolute Gasteiger partial charge is 0.155 e. The second-order valence-electron chi connectivity index (χ2n) is 7.83. The van der Waals surface area contributed by atoms with Crippen molar-refractivity contribution in [1.82, 2.24) is 9.88 Å². The SMILES string of the molecule is CC(C)OCN(C)C.CCNc1ccc2nc3cc(C)c(=NCCOC)cc-3oc2c1. The van der Waals surface area contributed by atoms with Gasteiger partial charge in [0.05, 0.1) is 31.3 Å². The van der Waals surface area contributed by atoms with Crippen molar-refractivity contribution in [2.24, 2.45) is 4.99 Å². The molecule has 2 aliphatic rings. The van der Waals surface area contributed by atoms with E-state index >= 15 is 0 Å². The highest BCUT2D eigenvalue weighted by atomic mass is 16.5. The number of ether oxygens (including phenoxy) is 2. The van der Waals surface area contributed by atoms with Crippen LogP contribution in [0.25, 0.3) is 22.6 Å². The Morgan fingerprint density at radius 2 is 1.97 bits per heavy atom. The molecule has 3 rings (SSSR count). The quantitative estimate of drug-likeness (QED) is 0.330. The Hall–Kier alpha value is -2.48. The van der Waals surface area contributed by atoms with Crippen LogP contribution in [0.15, 0.2) is 39.7 Å². The summed E-state index contributed by atoms with van der Waals surface area (Å²) in [7, 11) is 5.65. The van der Waals surface area contributed by atoms with Crippen molar-refractivity contribution < 1.29 is 13.9 Å². The molecule has 170 valence electrons. The zero-order valence-electron chi connectivity index (χ0n) is 19.9. The standard InChI is InChI=1S/C18H21N3O2.C6H15NO/c1-4-19-13-5-6-14-17(10-13)23-18-11-15(20-7-8-22-3)12(2)9-16(18)21-14;1-6(2)8-5-7(3)4/h5-6,9-11,19H,4,7-8H2,1-3H3;6H,5H2,1-4H3. The highest BCUT2D eigenvalue weighted by Crippen LogP contribution is 2.26. The van der Waals surface area contributed by atoms with E-state index in [-0.39, 0.29) is 0 Å². The third-order valence-corrected chi connectivity index (χ3v) is 4.32. The van der Waals surface area contributed by atoms with E-state index in [0.717, 1.165) is 52.4 Å². The number of aryl methyl sites for hydroxylation is 1. The molecular weight excluding hydrogens is 392 g/mol. The van der Waals surface area contributed by atoms with Crippen molar-refractivity contribution in [3.63, 3.8) is 0 Å². The number of hydrogen-bond donors (Lipinski definition) is 1. The van der Waals surface area contributed by atoms with Gasteiger partial charge in [-0.1, -0.05) is 0 Å². The number of methoxy groups -OCH3 is 1. The first-order chi connectivity index (χ1) is 14.8. The highest BCUT2D eigenvalue weighted by Gasteiger charge is 2.11. The Bertz CT molecular complexity index is 974. The van der Waals surface area contributed by atoms with Crippen LogP contribution in [0.1, 0.15) is 26.3 Å². The first kappa shape index (κ1) is 24.8. The van der Waals surface area contributed by atoms with Crippen LogP contribution in [0.2, 0.25) is 0 Å². The molecule has 0 fully saturated rings. The molecule has 1 aliphatic heterocycles. The highest BCUT2D eigenvalue weighted by molar-refractivity contribution is 5.79. The fourth-order valence-corrected chi connectivity index (χ4v) is 2.81. The van der Waals surface area contributed by atoms with Gasteiger partial charge in [0.15, 0.2) is 11.3 Å². The van der Waals surface area contributed by atoms with Gasteiger partial charge in [-0.3, -0.25) is 9.89 Å². The van der Waals surface area contributed by atoms with Crippen LogP contribution in [-0.4, -0.2) is 63.6 Å². The maximum atomic E-state index is 6.04. The van der Waals surface area contributed by atoms with Gasteiger partial charge in [-0.2, -0.15) is 0 Å². The molecule has 1 aromatic carbocycles. The van der Waals surface area contributed by atoms with Crippen LogP contribution in [0.4, 0.5) is 5.69 Å². The van der Waals surface area contributed by atoms with Gasteiger partial charge < -0.3 is 19.2 Å². The summed E-state index contributed by atoms with van der Waals surface area (Å²) in [4.78, 5) is 11.2. The monoisotopic (exact) mass is 428 g/mol. The first-order valence-electron chi connectivity index (χ1n) is 10.7. The fraction of sp³-hybridized carbons (Fsp3) is 0.500. The van der Waals surface area contributed by atoms with E-state index in [2.05, 4.69) is 22.2 Å². The number of benzene rings is 2. The van der Waals surface area contributed by atoms with Gasteiger partial charge in [0, 0.05) is 31.5 Å². The van der Waals surface area contributed by atoms with Gasteiger partial charge in [0.2, 0.25) is 0 Å². The third-order valence-electron chi connectivity index (χ3n) is 4.32. The molecule has 0 bridgehead atoms. The molecule has 1 heterocycles. The lowest BCUT2D eigenvalue weighted by Crippen LogP contribution is -2.18. The predicted molar refractivity (Wildman–Crippen MR) is 127 cm³/mol. The van der Waals surface area contributed by atoms with Crippen LogP contribution >= 0.6 is 0 Å². The molecule has 31 heavy (non-hydrogen) atoms. The summed E-state index contributed by atoms with van der Waals surface area (Å²) >= 11 is 0. The lowest BCUT2D eigenvalue weighted by atomic mass is 10.1. The largest absolute Gasteiger partial charge is 0.453 e. The van der Waals surface area contributed by atoms with Crippen LogP contribution in [-0.2, 0) is 9.47 Å². The van der Waals surface area contributed by atoms with Crippen molar-refractivity contribution in [2.75, 3.05) is 52.9 Å². The van der Waals surface area contributed by atoms with E-state index in [4.69, 9.17) is 13.9 Å². The molecule has 7 heteroatoms. The summed E-state index contributed by atoms with van der Waals surface area (Å²) in [6, 6.07) is 9.94. The molecule has 0 saturated carbocycles. The molecule has 7 nitrogen and oxygen atoms in total. The first-order valence-corrected chi connectivity index (χ1v) is 10.7. The zero-order valence-corrected chi connectivity index (χ0v) is 19.9. The second kappa shape index (κ2) is 12.4. The van der Waals surface area contributed by atoms with Crippen LogP contribution in [0.5, 0.6) is 0 Å². The fourth-order valence-electron chi connectivity index (χ4n) is 2.81. The molecule has 0 radical (unpaired) electrons. The maximum Gasteiger partial charge on any atom is 0.155 e. The lowest BCUT2D eigenvalue weighted by Gasteiger charge is -2.12. The van der Waals surface area contributed by atoms with Crippen molar-refractivity contribution >= 4 is 16.8 Å². The summed E-state index contributed by atoms with van der Waals surface area (Å²) in [5.74, 6) is 0.743. The topological polar surface area (TPSA) is 72.1 Å². The van der Waals surface area contributed by atoms with Crippen LogP contribution in [0.3, 0.4) is 0 Å². The normalized spacial score (nSPS) is 12.0. The van der Waals surface area contributed by atoms with E-state index in [1.807, 2.05) is 70.1 Å². The van der Waals surface area contributed by atoms with Gasteiger partial charge in [0.25, 0.3) is 0 Å². The summed E-state index contributed by atoms with van der Waals surface area (Å²) in [6.45, 7) is 11.0. The molecule has 0 aromatic heterocycles. The Balaban J connectivity index is 0.000000366. The van der Waals surface area contributed by atoms with Gasteiger partial charge in [-0.25, -0.2) is 4.98 Å². The lowest BCUT2D eigenvalue weighted by molar-refractivity contribution is 0.0152. The van der Waals surface area contributed by atoms with Gasteiger partial charge in [0.1, 0.15) is 11.2 Å². The Kier molecular flexibility index (Phi) is 9.91. The molecule has 1 aliphatic carbocycles. The van der Waals surface area contributed by atoms with Crippen molar-refractivity contribution in [1.29, 1.82) is 0 Å². The van der Waals surface area contributed by atoms with E-state index in [9.17, 15) is 0 Å². The van der Waals surface area contributed by atoms with E-state index in [1.165, 1.54) is 0 Å². The summed E-state index contributed by atoms with van der Waals surface area (Å²) in [5, 5.41) is 4.20. The second-order valence-corrected chi connectivity index (χ2v) is 7.83. The maximum absolute atomic E-state index is 6.04. The molecule has 0 atom stereocenters. The Morgan fingerprint density at radius 1 is 1.19 bits per heavy atom. The van der Waals surface area contributed by atoms with Gasteiger partial charge >= 0.3 is 0 Å². The minimum atomic E-state index is 0.345. The van der Waals surface area contributed by atoms with Crippen molar-refractivity contribution in [3.8, 4) is 11.5 Å². The molecule has 0 amide bonds. The number of nitrogens with one attached hydrogen (secondary N) is 1. The average molecular weight is 429 g/mol. The average Bonchev–Trinajstić information content (AvgIpc) is 2.72. The minimum Gasteiger partial charge on any atom is -0.453 e. The van der Waals surface area contributed by atoms with Gasteiger partial charge in [-0.05, 0) is 65.6 Å². The number of rotatable bonds is 8. The van der Waals surface area contributed by atoms with E-state index in [0.29, 0.717) is 19.3 Å². The number of hydrogen-bond acceptors (Lipinski definition) is 7. The minimum absolute atomic E-state index is 0.345. The molecule has 1 N–H and O–H groups in total. The number of anilines is 1. The predicted octanol–water partition coefficient (Wildman–Crippen LogP) is 4.15.